The molecule has 10 rings (SSSR count). The molecule has 4 heterocycles. The third-order valence-electron chi connectivity index (χ3n) is 8.99. The topological polar surface area (TPSA) is 77.8 Å². The van der Waals surface area contributed by atoms with Crippen LogP contribution in [0.25, 0.3) is 100 Å². The SMILES string of the molecule is c1ccc(-c2nc(-c3cccc4c3oc3ccccc34)nc(-c3ccc(-c4ccc5ccccc5c4)c4oc5cccnc5c34)n2)cc1. The Morgan fingerprint density at radius 2 is 1.12 bits per heavy atom. The van der Waals surface area contributed by atoms with E-state index in [0.717, 1.165) is 71.6 Å². The van der Waals surface area contributed by atoms with E-state index in [0.29, 0.717) is 23.1 Å². The lowest BCUT2D eigenvalue weighted by molar-refractivity contribution is 0.669. The zero-order valence-corrected chi connectivity index (χ0v) is 25.5. The summed E-state index contributed by atoms with van der Waals surface area (Å²) in [6.07, 6.45) is 1.79. The van der Waals surface area contributed by atoms with Crippen molar-refractivity contribution in [3.05, 3.63) is 146 Å². The van der Waals surface area contributed by atoms with E-state index in [1.54, 1.807) is 6.20 Å². The van der Waals surface area contributed by atoms with Crippen molar-refractivity contribution in [2.24, 2.45) is 0 Å². The van der Waals surface area contributed by atoms with Crippen LogP contribution in [0.15, 0.2) is 155 Å². The Balaban J connectivity index is 1.25. The fourth-order valence-electron chi connectivity index (χ4n) is 6.72. The van der Waals surface area contributed by atoms with Gasteiger partial charge in [0.05, 0.1) is 10.9 Å². The van der Waals surface area contributed by atoms with Crippen LogP contribution in [0.5, 0.6) is 0 Å². The largest absolute Gasteiger partial charge is 0.455 e. The normalized spacial score (nSPS) is 11.8. The van der Waals surface area contributed by atoms with Crippen LogP contribution < -0.4 is 0 Å². The summed E-state index contributed by atoms with van der Waals surface area (Å²) in [7, 11) is 0. The number of aromatic nitrogens is 4. The number of rotatable bonds is 4. The van der Waals surface area contributed by atoms with Gasteiger partial charge in [-0.25, -0.2) is 15.0 Å². The minimum absolute atomic E-state index is 0.524. The zero-order valence-electron chi connectivity index (χ0n) is 25.5. The fraction of sp³-hybridized carbons (Fsp3) is 0. The van der Waals surface area contributed by atoms with Crippen LogP contribution in [0.1, 0.15) is 0 Å². The fourth-order valence-corrected chi connectivity index (χ4v) is 6.72. The van der Waals surface area contributed by atoms with Crippen molar-refractivity contribution < 1.29 is 8.83 Å². The number of para-hydroxylation sites is 2. The Morgan fingerprint density at radius 3 is 2.04 bits per heavy atom. The van der Waals surface area contributed by atoms with Crippen LogP contribution in [0, 0.1) is 0 Å². The number of hydrogen-bond donors (Lipinski definition) is 0. The van der Waals surface area contributed by atoms with Crippen molar-refractivity contribution in [2.45, 2.75) is 0 Å². The second-order valence-electron chi connectivity index (χ2n) is 11.8. The molecule has 0 aliphatic rings. The summed E-state index contributed by atoms with van der Waals surface area (Å²) in [6, 6.07) is 47.0. The molecule has 48 heavy (non-hydrogen) atoms. The lowest BCUT2D eigenvalue weighted by atomic mass is 9.97. The molecule has 0 saturated carbocycles. The molecule has 10 aromatic rings. The van der Waals surface area contributed by atoms with Gasteiger partial charge >= 0.3 is 0 Å². The number of nitrogens with zero attached hydrogens (tertiary/aromatic N) is 4. The van der Waals surface area contributed by atoms with Gasteiger partial charge in [0, 0.05) is 33.7 Å². The quantitative estimate of drug-likeness (QED) is 0.196. The predicted molar refractivity (Wildman–Crippen MR) is 191 cm³/mol. The van der Waals surface area contributed by atoms with Gasteiger partial charge in [-0.3, -0.25) is 4.98 Å². The van der Waals surface area contributed by atoms with Crippen LogP contribution in [-0.4, -0.2) is 19.9 Å². The molecule has 0 aliphatic heterocycles. The molecule has 6 nitrogen and oxygen atoms in total. The summed E-state index contributed by atoms with van der Waals surface area (Å²) in [5.74, 6) is 1.61. The minimum Gasteiger partial charge on any atom is -0.455 e. The zero-order chi connectivity index (χ0) is 31.6. The van der Waals surface area contributed by atoms with Gasteiger partial charge in [-0.05, 0) is 58.8 Å². The highest BCUT2D eigenvalue weighted by atomic mass is 16.3. The molecule has 0 fully saturated rings. The highest BCUT2D eigenvalue weighted by Gasteiger charge is 2.22. The lowest BCUT2D eigenvalue weighted by Crippen LogP contribution is -2.01. The maximum Gasteiger partial charge on any atom is 0.167 e. The minimum atomic E-state index is 0.524. The maximum absolute atomic E-state index is 6.58. The molecule has 0 unspecified atom stereocenters. The van der Waals surface area contributed by atoms with Crippen molar-refractivity contribution in [1.29, 1.82) is 0 Å². The van der Waals surface area contributed by atoms with Gasteiger partial charge < -0.3 is 8.83 Å². The molecule has 224 valence electrons. The van der Waals surface area contributed by atoms with Crippen molar-refractivity contribution in [3.63, 3.8) is 0 Å². The number of pyridine rings is 1. The molecule has 0 saturated heterocycles. The van der Waals surface area contributed by atoms with Crippen LogP contribution in [0.3, 0.4) is 0 Å². The summed E-state index contributed by atoms with van der Waals surface area (Å²) in [4.78, 5) is 20.0. The summed E-state index contributed by atoms with van der Waals surface area (Å²) in [6.45, 7) is 0. The van der Waals surface area contributed by atoms with Crippen molar-refractivity contribution >= 4 is 54.8 Å². The molecule has 0 atom stereocenters. The van der Waals surface area contributed by atoms with Crippen LogP contribution >= 0.6 is 0 Å². The first-order valence-electron chi connectivity index (χ1n) is 15.8. The van der Waals surface area contributed by atoms with Gasteiger partial charge in [0.1, 0.15) is 22.3 Å². The molecule has 0 radical (unpaired) electrons. The number of furan rings is 2. The second-order valence-corrected chi connectivity index (χ2v) is 11.8. The average Bonchev–Trinajstić information content (AvgIpc) is 3.74. The molecule has 0 aliphatic carbocycles. The van der Waals surface area contributed by atoms with Crippen LogP contribution in [-0.2, 0) is 0 Å². The summed E-state index contributed by atoms with van der Waals surface area (Å²) in [5, 5.41) is 5.27. The van der Waals surface area contributed by atoms with E-state index in [9.17, 15) is 0 Å². The van der Waals surface area contributed by atoms with Gasteiger partial charge in [0.25, 0.3) is 0 Å². The standard InChI is InChI=1S/C42H24N4O2/c1-2-11-26(12-3-1)40-44-41(46-42(45-40)33-16-8-15-31-30-14-6-7-17-34(30)47-38(31)33)32-22-21-29(28-20-19-25-10-4-5-13-27(25)24-28)39-36(32)37-35(48-39)18-9-23-43-37/h1-24H. The Hall–Kier alpha value is -6.66. The Morgan fingerprint density at radius 1 is 0.417 bits per heavy atom. The first kappa shape index (κ1) is 26.5. The van der Waals surface area contributed by atoms with E-state index in [2.05, 4.69) is 66.7 Å². The van der Waals surface area contributed by atoms with Crippen molar-refractivity contribution in [1.82, 2.24) is 19.9 Å². The molecule has 0 spiro atoms. The number of benzene rings is 6. The lowest BCUT2D eigenvalue weighted by Gasteiger charge is -2.11. The number of hydrogen-bond acceptors (Lipinski definition) is 6. The van der Waals surface area contributed by atoms with Gasteiger partial charge in [-0.2, -0.15) is 0 Å². The van der Waals surface area contributed by atoms with Crippen LogP contribution in [0.4, 0.5) is 0 Å². The first-order chi connectivity index (χ1) is 23.8. The molecule has 4 aromatic heterocycles. The highest BCUT2D eigenvalue weighted by molar-refractivity contribution is 6.15. The Kier molecular flexibility index (Phi) is 5.77. The maximum atomic E-state index is 6.58. The molecule has 0 amide bonds. The Labute approximate surface area is 274 Å². The highest BCUT2D eigenvalue weighted by Crippen LogP contribution is 2.42. The van der Waals surface area contributed by atoms with E-state index >= 15 is 0 Å². The smallest absolute Gasteiger partial charge is 0.167 e. The summed E-state index contributed by atoms with van der Waals surface area (Å²) >= 11 is 0. The monoisotopic (exact) mass is 616 g/mol. The van der Waals surface area contributed by atoms with Gasteiger partial charge in [0.2, 0.25) is 0 Å². The third kappa shape index (κ3) is 4.13. The van der Waals surface area contributed by atoms with Gasteiger partial charge in [0.15, 0.2) is 23.1 Å². The molecule has 6 aromatic carbocycles. The second kappa shape index (κ2) is 10.4. The van der Waals surface area contributed by atoms with Gasteiger partial charge in [-0.15, -0.1) is 0 Å². The van der Waals surface area contributed by atoms with Gasteiger partial charge in [-0.1, -0.05) is 97.1 Å². The van der Waals surface area contributed by atoms with E-state index in [1.807, 2.05) is 72.8 Å². The summed E-state index contributed by atoms with van der Waals surface area (Å²) < 4.78 is 13.0. The molecular weight excluding hydrogens is 592 g/mol. The predicted octanol–water partition coefficient (Wildman–Crippen LogP) is 10.9. The van der Waals surface area contributed by atoms with Crippen LogP contribution in [0.2, 0.25) is 0 Å². The Bertz CT molecular complexity index is 2850. The first-order valence-corrected chi connectivity index (χ1v) is 15.8. The van der Waals surface area contributed by atoms with Crippen molar-refractivity contribution in [2.75, 3.05) is 0 Å². The molecular formula is C42H24N4O2. The van der Waals surface area contributed by atoms with E-state index in [4.69, 9.17) is 28.8 Å². The van der Waals surface area contributed by atoms with E-state index in [-0.39, 0.29) is 0 Å². The molecule has 0 N–H and O–H groups in total. The van der Waals surface area contributed by atoms with Crippen molar-refractivity contribution in [3.8, 4) is 45.3 Å². The average molecular weight is 617 g/mol. The van der Waals surface area contributed by atoms with E-state index in [1.165, 1.54) is 5.39 Å². The summed E-state index contributed by atoms with van der Waals surface area (Å²) in [5.41, 5.74) is 8.27. The van der Waals surface area contributed by atoms with E-state index < -0.39 is 0 Å². The number of fused-ring (bicyclic) bond motifs is 7. The molecule has 0 bridgehead atoms. The third-order valence-corrected chi connectivity index (χ3v) is 8.99. The molecule has 6 heteroatoms.